The van der Waals surface area contributed by atoms with Crippen LogP contribution in [0.2, 0.25) is 0 Å². The molecule has 1 unspecified atom stereocenters. The average Bonchev–Trinajstić information content (AvgIpc) is 3.30. The fourth-order valence-electron chi connectivity index (χ4n) is 3.76. The van der Waals surface area contributed by atoms with E-state index in [0.29, 0.717) is 19.6 Å². The molecule has 1 atom stereocenters. The van der Waals surface area contributed by atoms with Gasteiger partial charge in [-0.15, -0.1) is 0 Å². The van der Waals surface area contributed by atoms with Gasteiger partial charge >= 0.3 is 0 Å². The van der Waals surface area contributed by atoms with E-state index in [1.807, 2.05) is 29.2 Å². The van der Waals surface area contributed by atoms with Crippen molar-refractivity contribution in [3.05, 3.63) is 35.4 Å². The second kappa shape index (κ2) is 8.18. The van der Waals surface area contributed by atoms with E-state index in [1.54, 1.807) is 0 Å². The van der Waals surface area contributed by atoms with Crippen molar-refractivity contribution in [1.82, 2.24) is 15.1 Å². The topological polar surface area (TPSA) is 78.7 Å². The molecule has 6 nitrogen and oxygen atoms in total. The van der Waals surface area contributed by atoms with Crippen molar-refractivity contribution in [3.63, 3.8) is 0 Å². The Kier molecular flexibility index (Phi) is 5.94. The van der Waals surface area contributed by atoms with Crippen LogP contribution in [0.4, 0.5) is 0 Å². The normalized spacial score (nSPS) is 23.4. The summed E-state index contributed by atoms with van der Waals surface area (Å²) in [5, 5.41) is 2.97. The Morgan fingerprint density at radius 3 is 2.46 bits per heavy atom. The molecule has 142 valence electrons. The van der Waals surface area contributed by atoms with E-state index in [9.17, 15) is 9.59 Å². The third kappa shape index (κ3) is 4.62. The van der Waals surface area contributed by atoms with Crippen LogP contribution in [0.3, 0.4) is 0 Å². The number of nitrogens with zero attached hydrogens (tertiary/aromatic N) is 2. The van der Waals surface area contributed by atoms with Gasteiger partial charge < -0.3 is 16.0 Å². The minimum Gasteiger partial charge on any atom is -0.351 e. The van der Waals surface area contributed by atoms with Gasteiger partial charge in [0.15, 0.2) is 0 Å². The van der Waals surface area contributed by atoms with Gasteiger partial charge in [-0.3, -0.25) is 14.5 Å². The fourth-order valence-corrected chi connectivity index (χ4v) is 3.76. The number of carbonyl (C=O) groups excluding carboxylic acids is 2. The Hall–Kier alpha value is -1.92. The van der Waals surface area contributed by atoms with Gasteiger partial charge in [0.05, 0.1) is 6.54 Å². The van der Waals surface area contributed by atoms with Gasteiger partial charge in [-0.1, -0.05) is 19.1 Å². The lowest BCUT2D eigenvalue weighted by molar-refractivity contribution is -0.122. The van der Waals surface area contributed by atoms with E-state index in [0.717, 1.165) is 56.6 Å². The summed E-state index contributed by atoms with van der Waals surface area (Å²) in [4.78, 5) is 28.6. The number of hydrogen-bond donors (Lipinski definition) is 2. The van der Waals surface area contributed by atoms with Crippen LogP contribution >= 0.6 is 0 Å². The number of likely N-dealkylation sites (tertiary alicyclic amines) is 2. The highest BCUT2D eigenvalue weighted by Gasteiger charge is 2.33. The molecule has 0 aromatic heterocycles. The van der Waals surface area contributed by atoms with E-state index in [1.165, 1.54) is 0 Å². The molecule has 2 amide bonds. The smallest absolute Gasteiger partial charge is 0.253 e. The van der Waals surface area contributed by atoms with Crippen molar-refractivity contribution in [2.75, 3.05) is 39.3 Å². The minimum atomic E-state index is 0.0310. The van der Waals surface area contributed by atoms with Gasteiger partial charge in [0, 0.05) is 31.7 Å². The highest BCUT2D eigenvalue weighted by molar-refractivity contribution is 5.94. The van der Waals surface area contributed by atoms with Crippen molar-refractivity contribution >= 4 is 11.8 Å². The summed E-state index contributed by atoms with van der Waals surface area (Å²) in [5.41, 5.74) is 7.68. The number of benzene rings is 1. The molecule has 0 bridgehead atoms. The van der Waals surface area contributed by atoms with Crippen LogP contribution < -0.4 is 11.1 Å². The summed E-state index contributed by atoms with van der Waals surface area (Å²) in [6.45, 7) is 7.26. The van der Waals surface area contributed by atoms with Gasteiger partial charge in [0.2, 0.25) is 5.91 Å². The van der Waals surface area contributed by atoms with Crippen LogP contribution in [0.25, 0.3) is 0 Å². The largest absolute Gasteiger partial charge is 0.351 e. The molecular formula is C20H30N4O2. The third-order valence-electron chi connectivity index (χ3n) is 5.58. The summed E-state index contributed by atoms with van der Waals surface area (Å²) in [6, 6.07) is 7.56. The van der Waals surface area contributed by atoms with Crippen molar-refractivity contribution in [2.45, 2.75) is 32.7 Å². The van der Waals surface area contributed by atoms with Crippen molar-refractivity contribution < 1.29 is 9.59 Å². The predicted molar refractivity (Wildman–Crippen MR) is 102 cm³/mol. The Morgan fingerprint density at radius 1 is 1.15 bits per heavy atom. The zero-order chi connectivity index (χ0) is 18.6. The Labute approximate surface area is 155 Å². The molecule has 2 saturated heterocycles. The van der Waals surface area contributed by atoms with Crippen molar-refractivity contribution in [3.8, 4) is 0 Å². The van der Waals surface area contributed by atoms with Gasteiger partial charge in [0.1, 0.15) is 0 Å². The molecule has 2 aliphatic heterocycles. The first kappa shape index (κ1) is 18.9. The second-order valence-electron chi connectivity index (χ2n) is 7.95. The SMILES string of the molecule is CC1(CN)CCN(CC(=O)NCc2ccc(C(=O)N3CCCC3)cc2)C1. The molecule has 1 aromatic rings. The average molecular weight is 358 g/mol. The Morgan fingerprint density at radius 2 is 1.85 bits per heavy atom. The monoisotopic (exact) mass is 358 g/mol. The molecule has 0 spiro atoms. The van der Waals surface area contributed by atoms with Crippen molar-refractivity contribution in [1.29, 1.82) is 0 Å². The summed E-state index contributed by atoms with van der Waals surface area (Å²) >= 11 is 0. The van der Waals surface area contributed by atoms with Gasteiger partial charge in [0.25, 0.3) is 5.91 Å². The van der Waals surface area contributed by atoms with E-state index in [-0.39, 0.29) is 17.2 Å². The number of amides is 2. The fraction of sp³-hybridized carbons (Fsp3) is 0.600. The zero-order valence-electron chi connectivity index (χ0n) is 15.7. The molecule has 26 heavy (non-hydrogen) atoms. The number of nitrogens with one attached hydrogen (secondary N) is 1. The first-order chi connectivity index (χ1) is 12.5. The standard InChI is InChI=1S/C20H30N4O2/c1-20(14-21)8-11-23(15-20)13-18(25)22-12-16-4-6-17(7-5-16)19(26)24-9-2-3-10-24/h4-7H,2-3,8-15,21H2,1H3,(H,22,25). The molecule has 0 saturated carbocycles. The van der Waals surface area contributed by atoms with E-state index in [2.05, 4.69) is 17.1 Å². The Balaban J connectivity index is 1.44. The highest BCUT2D eigenvalue weighted by Crippen LogP contribution is 2.27. The van der Waals surface area contributed by atoms with Crippen LogP contribution in [-0.4, -0.2) is 60.9 Å². The van der Waals surface area contributed by atoms with E-state index >= 15 is 0 Å². The molecule has 1 aromatic carbocycles. The molecule has 6 heteroatoms. The lowest BCUT2D eigenvalue weighted by atomic mass is 9.90. The quantitative estimate of drug-likeness (QED) is 0.801. The van der Waals surface area contributed by atoms with Crippen LogP contribution in [0.5, 0.6) is 0 Å². The molecule has 2 fully saturated rings. The molecule has 0 aliphatic carbocycles. The zero-order valence-corrected chi connectivity index (χ0v) is 15.7. The molecule has 3 rings (SSSR count). The van der Waals surface area contributed by atoms with Gasteiger partial charge in [-0.25, -0.2) is 0 Å². The third-order valence-corrected chi connectivity index (χ3v) is 5.58. The van der Waals surface area contributed by atoms with E-state index < -0.39 is 0 Å². The van der Waals surface area contributed by atoms with Crippen LogP contribution in [0, 0.1) is 5.41 Å². The highest BCUT2D eigenvalue weighted by atomic mass is 16.2. The maximum Gasteiger partial charge on any atom is 0.253 e. The Bertz CT molecular complexity index is 640. The van der Waals surface area contributed by atoms with Crippen molar-refractivity contribution in [2.24, 2.45) is 11.1 Å². The number of nitrogens with two attached hydrogens (primary N) is 1. The van der Waals surface area contributed by atoms with Gasteiger partial charge in [-0.2, -0.15) is 0 Å². The van der Waals surface area contributed by atoms with E-state index in [4.69, 9.17) is 5.73 Å². The molecular weight excluding hydrogens is 328 g/mol. The summed E-state index contributed by atoms with van der Waals surface area (Å²) in [7, 11) is 0. The summed E-state index contributed by atoms with van der Waals surface area (Å²) in [5.74, 6) is 0.138. The molecule has 0 radical (unpaired) electrons. The first-order valence-corrected chi connectivity index (χ1v) is 9.56. The lowest BCUT2D eigenvalue weighted by Crippen LogP contribution is -2.38. The summed E-state index contributed by atoms with van der Waals surface area (Å²) in [6.07, 6.45) is 3.23. The molecule has 2 aliphatic rings. The number of rotatable bonds is 6. The molecule has 2 heterocycles. The summed E-state index contributed by atoms with van der Waals surface area (Å²) < 4.78 is 0. The lowest BCUT2D eigenvalue weighted by Gasteiger charge is -2.22. The number of carbonyl (C=O) groups is 2. The number of hydrogen-bond acceptors (Lipinski definition) is 4. The maximum absolute atomic E-state index is 12.3. The van der Waals surface area contributed by atoms with Crippen LogP contribution in [0.15, 0.2) is 24.3 Å². The predicted octanol–water partition coefficient (Wildman–Crippen LogP) is 1.21. The molecule has 3 N–H and O–H groups in total. The van der Waals surface area contributed by atoms with Gasteiger partial charge in [-0.05, 0) is 55.5 Å². The van der Waals surface area contributed by atoms with Crippen LogP contribution in [0.1, 0.15) is 42.1 Å². The van der Waals surface area contributed by atoms with Crippen LogP contribution in [-0.2, 0) is 11.3 Å². The second-order valence-corrected chi connectivity index (χ2v) is 7.95. The minimum absolute atomic E-state index is 0.0310. The first-order valence-electron chi connectivity index (χ1n) is 9.56. The maximum atomic E-state index is 12.3.